The van der Waals surface area contributed by atoms with Crippen LogP contribution in [0.25, 0.3) is 0 Å². The summed E-state index contributed by atoms with van der Waals surface area (Å²) >= 11 is 0. The molecular weight excluding hydrogens is 244 g/mol. The molecule has 0 aromatic rings. The normalized spacial score (nSPS) is 11.0. The maximum absolute atomic E-state index is 11.9. The van der Waals surface area contributed by atoms with Gasteiger partial charge in [-0.1, -0.05) is 13.3 Å². The van der Waals surface area contributed by atoms with Gasteiger partial charge >= 0.3 is 6.09 Å². The lowest BCUT2D eigenvalue weighted by atomic mass is 10.2. The summed E-state index contributed by atoms with van der Waals surface area (Å²) in [6.45, 7) is 11.3. The van der Waals surface area contributed by atoms with Gasteiger partial charge < -0.3 is 15.0 Å². The zero-order valence-corrected chi connectivity index (χ0v) is 12.9. The molecule has 112 valence electrons. The first-order valence-corrected chi connectivity index (χ1v) is 7.04. The first-order valence-electron chi connectivity index (χ1n) is 7.04. The predicted octanol–water partition coefficient (Wildman–Crippen LogP) is 2.55. The van der Waals surface area contributed by atoms with Crippen LogP contribution >= 0.6 is 0 Å². The van der Waals surface area contributed by atoms with Gasteiger partial charge in [0.25, 0.3) is 0 Å². The lowest BCUT2D eigenvalue weighted by Crippen LogP contribution is -2.37. The van der Waals surface area contributed by atoms with Gasteiger partial charge in [-0.3, -0.25) is 4.79 Å². The number of nitrogens with one attached hydrogen (secondary N) is 1. The Morgan fingerprint density at radius 1 is 1.21 bits per heavy atom. The van der Waals surface area contributed by atoms with Crippen LogP contribution in [-0.4, -0.2) is 42.1 Å². The number of carbonyl (C=O) groups is 2. The number of nitrogens with zero attached hydrogens (tertiary/aromatic N) is 1. The number of unbranched alkanes of at least 4 members (excludes halogenated alkanes) is 1. The van der Waals surface area contributed by atoms with Gasteiger partial charge in [0.1, 0.15) is 5.60 Å². The molecule has 0 saturated heterocycles. The molecule has 0 atom stereocenters. The number of hydrogen-bond donors (Lipinski definition) is 1. The van der Waals surface area contributed by atoms with Gasteiger partial charge in [0.15, 0.2) is 0 Å². The van der Waals surface area contributed by atoms with Crippen LogP contribution in [0.15, 0.2) is 0 Å². The van der Waals surface area contributed by atoms with Crippen molar-refractivity contribution in [2.45, 2.75) is 59.5 Å². The Morgan fingerprint density at radius 3 is 2.32 bits per heavy atom. The minimum Gasteiger partial charge on any atom is -0.444 e. The number of rotatable bonds is 7. The third-order valence-corrected chi connectivity index (χ3v) is 2.52. The second-order valence-corrected chi connectivity index (χ2v) is 5.51. The molecule has 0 aromatic carbocycles. The molecule has 0 rings (SSSR count). The summed E-state index contributed by atoms with van der Waals surface area (Å²) in [4.78, 5) is 25.1. The fraction of sp³-hybridized carbons (Fsp3) is 0.857. The number of carbonyl (C=O) groups excluding carboxylic acids is 2. The average Bonchev–Trinajstić information content (AvgIpc) is 2.27. The van der Waals surface area contributed by atoms with Crippen molar-refractivity contribution in [3.8, 4) is 0 Å². The van der Waals surface area contributed by atoms with Gasteiger partial charge in [0.05, 0.1) is 0 Å². The van der Waals surface area contributed by atoms with Crippen molar-refractivity contribution >= 4 is 12.0 Å². The summed E-state index contributed by atoms with van der Waals surface area (Å²) in [6.07, 6.45) is 1.92. The Balaban J connectivity index is 3.92. The van der Waals surface area contributed by atoms with Gasteiger partial charge in [-0.15, -0.1) is 0 Å². The molecular formula is C14H28N2O3. The lowest BCUT2D eigenvalue weighted by molar-refractivity contribution is -0.130. The Bertz CT molecular complexity index is 285. The molecule has 0 radical (unpaired) electrons. The topological polar surface area (TPSA) is 58.6 Å². The van der Waals surface area contributed by atoms with E-state index in [0.717, 1.165) is 19.4 Å². The van der Waals surface area contributed by atoms with E-state index < -0.39 is 11.7 Å². The molecule has 5 heteroatoms. The van der Waals surface area contributed by atoms with Crippen LogP contribution in [0.4, 0.5) is 4.79 Å². The smallest absolute Gasteiger partial charge is 0.407 e. The second-order valence-electron chi connectivity index (χ2n) is 5.51. The van der Waals surface area contributed by atoms with Crippen LogP contribution in [-0.2, 0) is 9.53 Å². The quantitative estimate of drug-likeness (QED) is 0.775. The number of hydrogen-bond acceptors (Lipinski definition) is 3. The van der Waals surface area contributed by atoms with Crippen molar-refractivity contribution in [3.63, 3.8) is 0 Å². The molecule has 0 aliphatic rings. The van der Waals surface area contributed by atoms with Crippen molar-refractivity contribution in [1.29, 1.82) is 0 Å². The Labute approximate surface area is 116 Å². The lowest BCUT2D eigenvalue weighted by Gasteiger charge is -2.22. The van der Waals surface area contributed by atoms with Crippen molar-refractivity contribution in [1.82, 2.24) is 10.2 Å². The SMILES string of the molecule is CCCCN(CC)C(=O)CCNC(=O)OC(C)(C)C. The molecule has 0 heterocycles. The zero-order valence-electron chi connectivity index (χ0n) is 12.9. The van der Waals surface area contributed by atoms with Gasteiger partial charge in [0, 0.05) is 26.1 Å². The van der Waals surface area contributed by atoms with E-state index in [0.29, 0.717) is 19.5 Å². The standard InChI is InChI=1S/C14H28N2O3/c1-6-8-11-16(7-2)12(17)9-10-15-13(18)19-14(3,4)5/h6-11H2,1-5H3,(H,15,18). The molecule has 0 aliphatic heterocycles. The van der Waals surface area contributed by atoms with Crippen molar-refractivity contribution in [3.05, 3.63) is 0 Å². The maximum Gasteiger partial charge on any atom is 0.407 e. The molecule has 2 amide bonds. The van der Waals surface area contributed by atoms with Gasteiger partial charge in [0.2, 0.25) is 5.91 Å². The maximum atomic E-state index is 11.9. The minimum atomic E-state index is -0.509. The van der Waals surface area contributed by atoms with Crippen LogP contribution < -0.4 is 5.32 Å². The van der Waals surface area contributed by atoms with E-state index in [9.17, 15) is 9.59 Å². The summed E-state index contributed by atoms with van der Waals surface area (Å²) < 4.78 is 5.10. The zero-order chi connectivity index (χ0) is 14.9. The Kier molecular flexibility index (Phi) is 8.19. The molecule has 0 spiro atoms. The van der Waals surface area contributed by atoms with E-state index in [-0.39, 0.29) is 5.91 Å². The highest BCUT2D eigenvalue weighted by atomic mass is 16.6. The Hall–Kier alpha value is -1.26. The van der Waals surface area contributed by atoms with Crippen molar-refractivity contribution < 1.29 is 14.3 Å². The predicted molar refractivity (Wildman–Crippen MR) is 76.0 cm³/mol. The third-order valence-electron chi connectivity index (χ3n) is 2.52. The highest BCUT2D eigenvalue weighted by Gasteiger charge is 2.16. The van der Waals surface area contributed by atoms with E-state index in [4.69, 9.17) is 4.74 Å². The van der Waals surface area contributed by atoms with Crippen LogP contribution in [0.5, 0.6) is 0 Å². The highest BCUT2D eigenvalue weighted by molar-refractivity contribution is 5.77. The fourth-order valence-electron chi connectivity index (χ4n) is 1.55. The number of alkyl carbamates (subject to hydrolysis) is 1. The molecule has 0 fully saturated rings. The monoisotopic (exact) mass is 272 g/mol. The largest absolute Gasteiger partial charge is 0.444 e. The van der Waals surface area contributed by atoms with E-state index in [1.807, 2.05) is 11.8 Å². The van der Waals surface area contributed by atoms with Gasteiger partial charge in [-0.2, -0.15) is 0 Å². The van der Waals surface area contributed by atoms with Crippen molar-refractivity contribution in [2.75, 3.05) is 19.6 Å². The van der Waals surface area contributed by atoms with Crippen LogP contribution in [0.1, 0.15) is 53.9 Å². The van der Waals surface area contributed by atoms with Crippen LogP contribution in [0.2, 0.25) is 0 Å². The first kappa shape index (κ1) is 17.7. The molecule has 0 aliphatic carbocycles. The number of ether oxygens (including phenoxy) is 1. The molecule has 1 N–H and O–H groups in total. The fourth-order valence-corrected chi connectivity index (χ4v) is 1.55. The minimum absolute atomic E-state index is 0.0759. The molecule has 0 saturated carbocycles. The molecule has 5 nitrogen and oxygen atoms in total. The van der Waals surface area contributed by atoms with Crippen LogP contribution in [0, 0.1) is 0 Å². The summed E-state index contributed by atoms with van der Waals surface area (Å²) in [5.74, 6) is 0.0759. The molecule has 0 unspecified atom stereocenters. The third kappa shape index (κ3) is 9.33. The summed E-state index contributed by atoms with van der Waals surface area (Å²) in [5, 5.41) is 2.60. The summed E-state index contributed by atoms with van der Waals surface area (Å²) in [5.41, 5.74) is -0.509. The van der Waals surface area contributed by atoms with Gasteiger partial charge in [-0.05, 0) is 34.1 Å². The molecule has 0 aromatic heterocycles. The molecule has 19 heavy (non-hydrogen) atoms. The van der Waals surface area contributed by atoms with Gasteiger partial charge in [-0.25, -0.2) is 4.79 Å². The highest BCUT2D eigenvalue weighted by Crippen LogP contribution is 2.06. The second kappa shape index (κ2) is 8.77. The summed E-state index contributed by atoms with van der Waals surface area (Å²) in [7, 11) is 0. The van der Waals surface area contributed by atoms with Crippen molar-refractivity contribution in [2.24, 2.45) is 0 Å². The number of amides is 2. The Morgan fingerprint density at radius 2 is 1.84 bits per heavy atom. The van der Waals surface area contributed by atoms with E-state index >= 15 is 0 Å². The van der Waals surface area contributed by atoms with E-state index in [1.54, 1.807) is 20.8 Å². The van der Waals surface area contributed by atoms with E-state index in [2.05, 4.69) is 12.2 Å². The van der Waals surface area contributed by atoms with Crippen LogP contribution in [0.3, 0.4) is 0 Å². The average molecular weight is 272 g/mol. The van der Waals surface area contributed by atoms with E-state index in [1.165, 1.54) is 0 Å². The summed E-state index contributed by atoms with van der Waals surface area (Å²) in [6, 6.07) is 0. The first-order chi connectivity index (χ1) is 8.80. The molecule has 0 bridgehead atoms.